The third-order valence-electron chi connectivity index (χ3n) is 4.13. The maximum absolute atomic E-state index is 11.8. The molecule has 0 saturated heterocycles. The van der Waals surface area contributed by atoms with E-state index in [9.17, 15) is 29.9 Å². The van der Waals surface area contributed by atoms with Gasteiger partial charge in [-0.1, -0.05) is 26.0 Å². The van der Waals surface area contributed by atoms with Crippen LogP contribution in [0.2, 0.25) is 0 Å². The number of imidazole rings is 1. The Hall–Kier alpha value is -3.27. The molecule has 1 aromatic carbocycles. The van der Waals surface area contributed by atoms with Crippen molar-refractivity contribution in [3.8, 4) is 0 Å². The zero-order valence-corrected chi connectivity index (χ0v) is 15.5. The minimum atomic E-state index is -1.29. The predicted molar refractivity (Wildman–Crippen MR) is 98.8 cm³/mol. The number of carboxylic acid groups (broad SMARTS) is 2. The lowest BCUT2D eigenvalue weighted by molar-refractivity contribution is -0.384. The Morgan fingerprint density at radius 3 is 2.57 bits per heavy atom. The molecule has 0 saturated carbocycles. The van der Waals surface area contributed by atoms with Gasteiger partial charge in [0.15, 0.2) is 0 Å². The molecule has 0 radical (unpaired) electrons. The van der Waals surface area contributed by atoms with Crippen molar-refractivity contribution in [3.05, 3.63) is 58.2 Å². The number of nitro benzene ring substituents is 1. The van der Waals surface area contributed by atoms with E-state index in [0.717, 1.165) is 0 Å². The summed E-state index contributed by atoms with van der Waals surface area (Å²) >= 11 is 0. The van der Waals surface area contributed by atoms with Gasteiger partial charge in [0.2, 0.25) is 0 Å². The van der Waals surface area contributed by atoms with Crippen molar-refractivity contribution in [2.45, 2.75) is 38.9 Å². The van der Waals surface area contributed by atoms with Crippen molar-refractivity contribution in [2.24, 2.45) is 5.92 Å². The molecule has 28 heavy (non-hydrogen) atoms. The van der Waals surface area contributed by atoms with Crippen molar-refractivity contribution in [3.63, 3.8) is 0 Å². The van der Waals surface area contributed by atoms with E-state index in [4.69, 9.17) is 0 Å². The lowest BCUT2D eigenvalue weighted by atomic mass is 10.0. The number of rotatable bonds is 10. The van der Waals surface area contributed by atoms with Crippen molar-refractivity contribution < 1.29 is 24.7 Å². The summed E-state index contributed by atoms with van der Waals surface area (Å²) in [7, 11) is 0. The van der Waals surface area contributed by atoms with Crippen LogP contribution in [-0.4, -0.2) is 42.7 Å². The van der Waals surface area contributed by atoms with Crippen LogP contribution in [0.3, 0.4) is 0 Å². The van der Waals surface area contributed by atoms with Crippen molar-refractivity contribution in [2.75, 3.05) is 0 Å². The van der Waals surface area contributed by atoms with Gasteiger partial charge < -0.3 is 14.8 Å². The van der Waals surface area contributed by atoms with E-state index in [0.29, 0.717) is 5.56 Å². The van der Waals surface area contributed by atoms with Crippen LogP contribution < -0.4 is 5.32 Å². The summed E-state index contributed by atoms with van der Waals surface area (Å²) in [5, 5.41) is 32.6. The molecule has 0 aliphatic carbocycles. The number of hydrogen-bond donors (Lipinski definition) is 3. The molecular weight excluding hydrogens is 368 g/mol. The Morgan fingerprint density at radius 2 is 2.00 bits per heavy atom. The van der Waals surface area contributed by atoms with E-state index < -0.39 is 28.9 Å². The highest BCUT2D eigenvalue weighted by molar-refractivity contribution is 5.78. The van der Waals surface area contributed by atoms with Gasteiger partial charge in [0, 0.05) is 18.7 Å². The van der Waals surface area contributed by atoms with Gasteiger partial charge in [-0.2, -0.15) is 0 Å². The number of nitrogens with one attached hydrogen (secondary N) is 1. The Kier molecular flexibility index (Phi) is 6.83. The van der Waals surface area contributed by atoms with Crippen LogP contribution in [0.4, 0.5) is 5.69 Å². The largest absolute Gasteiger partial charge is 0.480 e. The van der Waals surface area contributed by atoms with Crippen LogP contribution in [-0.2, 0) is 16.1 Å². The number of non-ortho nitro benzene ring substituents is 1. The average molecular weight is 390 g/mol. The lowest BCUT2D eigenvalue weighted by Crippen LogP contribution is -2.43. The fourth-order valence-corrected chi connectivity index (χ4v) is 2.86. The fourth-order valence-electron chi connectivity index (χ4n) is 2.86. The highest BCUT2D eigenvalue weighted by Crippen LogP contribution is 2.19. The van der Waals surface area contributed by atoms with Crippen LogP contribution in [0.1, 0.15) is 37.6 Å². The van der Waals surface area contributed by atoms with Crippen LogP contribution in [0.15, 0.2) is 36.8 Å². The number of nitro groups is 1. The molecule has 0 amide bonds. The number of carbonyl (C=O) groups is 2. The average Bonchev–Trinajstić information content (AvgIpc) is 3.05. The standard InChI is InChI=1S/C18H22N4O6/c1-11(2)6-14(17(23)24)20-16(18(25)26)15-8-19-10-21(15)9-12-4-3-5-13(7-12)22(27)28/h3-5,7-8,10-11,14,16,20H,6,9H2,1-2H3,(H,23,24)(H,25,26). The molecule has 0 aliphatic rings. The molecule has 150 valence electrons. The van der Waals surface area contributed by atoms with Crippen molar-refractivity contribution in [1.29, 1.82) is 0 Å². The first-order valence-corrected chi connectivity index (χ1v) is 8.64. The predicted octanol–water partition coefficient (Wildman–Crippen LogP) is 2.05. The molecule has 0 spiro atoms. The first-order valence-electron chi connectivity index (χ1n) is 8.64. The first kappa shape index (κ1) is 21.0. The van der Waals surface area contributed by atoms with Crippen LogP contribution in [0.25, 0.3) is 0 Å². The van der Waals surface area contributed by atoms with Gasteiger partial charge in [-0.25, -0.2) is 4.98 Å². The molecule has 2 unspecified atom stereocenters. The molecule has 2 rings (SSSR count). The van der Waals surface area contributed by atoms with E-state index in [-0.39, 0.29) is 30.3 Å². The van der Waals surface area contributed by atoms with Gasteiger partial charge in [-0.15, -0.1) is 0 Å². The summed E-state index contributed by atoms with van der Waals surface area (Å²) in [6, 6.07) is 3.65. The number of aromatic nitrogens is 2. The minimum Gasteiger partial charge on any atom is -0.480 e. The lowest BCUT2D eigenvalue weighted by Gasteiger charge is -2.22. The summed E-state index contributed by atoms with van der Waals surface area (Å²) in [4.78, 5) is 37.7. The Balaban J connectivity index is 2.29. The molecule has 10 nitrogen and oxygen atoms in total. The van der Waals surface area contributed by atoms with Crippen LogP contribution in [0, 0.1) is 16.0 Å². The third-order valence-corrected chi connectivity index (χ3v) is 4.13. The summed E-state index contributed by atoms with van der Waals surface area (Å²) in [6.45, 7) is 3.85. The van der Waals surface area contributed by atoms with Crippen LogP contribution >= 0.6 is 0 Å². The van der Waals surface area contributed by atoms with Gasteiger partial charge in [-0.3, -0.25) is 25.0 Å². The van der Waals surface area contributed by atoms with Crippen molar-refractivity contribution >= 4 is 17.6 Å². The Labute approximate surface area is 161 Å². The summed E-state index contributed by atoms with van der Waals surface area (Å²) in [5.74, 6) is -2.32. The molecule has 3 N–H and O–H groups in total. The topological polar surface area (TPSA) is 148 Å². The number of nitrogens with zero attached hydrogens (tertiary/aromatic N) is 3. The zero-order chi connectivity index (χ0) is 20.8. The van der Waals surface area contributed by atoms with E-state index >= 15 is 0 Å². The summed E-state index contributed by atoms with van der Waals surface area (Å²) in [5.41, 5.74) is 0.776. The maximum atomic E-state index is 11.8. The molecule has 1 aromatic heterocycles. The molecule has 0 aliphatic heterocycles. The molecule has 2 aromatic rings. The molecule has 2 atom stereocenters. The van der Waals surface area contributed by atoms with Gasteiger partial charge in [0.1, 0.15) is 12.1 Å². The molecule has 10 heteroatoms. The maximum Gasteiger partial charge on any atom is 0.326 e. The molecule has 0 fully saturated rings. The van der Waals surface area contributed by atoms with E-state index in [1.165, 1.54) is 29.2 Å². The summed E-state index contributed by atoms with van der Waals surface area (Å²) in [6.07, 6.45) is 3.01. The highest BCUT2D eigenvalue weighted by atomic mass is 16.6. The Morgan fingerprint density at radius 1 is 1.29 bits per heavy atom. The number of hydrogen-bond acceptors (Lipinski definition) is 6. The summed E-state index contributed by atoms with van der Waals surface area (Å²) < 4.78 is 1.53. The van der Waals surface area contributed by atoms with Crippen molar-refractivity contribution in [1.82, 2.24) is 14.9 Å². The SMILES string of the molecule is CC(C)CC(NC(C(=O)O)c1cncn1Cc1cccc([N+](=O)[O-])c1)C(=O)O. The number of benzene rings is 1. The smallest absolute Gasteiger partial charge is 0.326 e. The van der Waals surface area contributed by atoms with E-state index in [1.807, 2.05) is 13.8 Å². The van der Waals surface area contributed by atoms with E-state index in [2.05, 4.69) is 10.3 Å². The normalized spacial score (nSPS) is 13.2. The quantitative estimate of drug-likeness (QED) is 0.412. The second kappa shape index (κ2) is 9.09. The van der Waals surface area contributed by atoms with Gasteiger partial charge in [0.05, 0.1) is 23.1 Å². The fraction of sp³-hybridized carbons (Fsp3) is 0.389. The molecular formula is C18H22N4O6. The number of aliphatic carboxylic acids is 2. The Bertz CT molecular complexity index is 863. The number of carboxylic acids is 2. The van der Waals surface area contributed by atoms with Gasteiger partial charge in [0.25, 0.3) is 5.69 Å². The first-order chi connectivity index (χ1) is 13.2. The van der Waals surface area contributed by atoms with Crippen LogP contribution in [0.5, 0.6) is 0 Å². The zero-order valence-electron chi connectivity index (χ0n) is 15.5. The second-order valence-corrected chi connectivity index (χ2v) is 6.83. The van der Waals surface area contributed by atoms with Gasteiger partial charge >= 0.3 is 11.9 Å². The van der Waals surface area contributed by atoms with Gasteiger partial charge in [-0.05, 0) is 17.9 Å². The minimum absolute atomic E-state index is 0.0535. The molecule has 0 bridgehead atoms. The third kappa shape index (κ3) is 5.36. The monoisotopic (exact) mass is 390 g/mol. The second-order valence-electron chi connectivity index (χ2n) is 6.83. The highest BCUT2D eigenvalue weighted by Gasteiger charge is 2.30. The molecule has 1 heterocycles. The van der Waals surface area contributed by atoms with E-state index in [1.54, 1.807) is 12.1 Å².